The highest BCUT2D eigenvalue weighted by molar-refractivity contribution is 4.87. The molecule has 2 heterocycles. The number of morpholine rings is 1. The molecule has 2 aliphatic rings. The molecule has 0 aliphatic carbocycles. The summed E-state index contributed by atoms with van der Waals surface area (Å²) in [6.07, 6.45) is 1.68. The van der Waals surface area contributed by atoms with E-state index >= 15 is 0 Å². The topological polar surface area (TPSA) is 24.5 Å². The number of nitrogens with one attached hydrogen (secondary N) is 1. The maximum Gasteiger partial charge on any atom is 0.0855 e. The van der Waals surface area contributed by atoms with Crippen molar-refractivity contribution in [3.8, 4) is 0 Å². The molecule has 0 aromatic carbocycles. The van der Waals surface area contributed by atoms with E-state index in [-0.39, 0.29) is 0 Å². The number of hydrogen-bond acceptors (Lipinski definition) is 3. The second-order valence-corrected chi connectivity index (χ2v) is 3.52. The quantitative estimate of drug-likeness (QED) is 0.520. The fraction of sp³-hybridized carbons (Fsp3) is 1.00. The summed E-state index contributed by atoms with van der Waals surface area (Å²) in [4.78, 5) is 2.34. The van der Waals surface area contributed by atoms with Gasteiger partial charge in [0.25, 0.3) is 0 Å². The SMILES string of the molecule is CN1CCC2NCCO[C@H]2C1. The van der Waals surface area contributed by atoms with Gasteiger partial charge in [-0.05, 0) is 20.0 Å². The third kappa shape index (κ3) is 1.55. The molecule has 0 bridgehead atoms. The lowest BCUT2D eigenvalue weighted by Crippen LogP contribution is -2.56. The predicted octanol–water partition coefficient (Wildman–Crippen LogP) is -0.321. The molecule has 2 saturated heterocycles. The Morgan fingerprint density at radius 3 is 3.36 bits per heavy atom. The average Bonchev–Trinajstić information content (AvgIpc) is 2.04. The molecule has 3 heteroatoms. The van der Waals surface area contributed by atoms with Gasteiger partial charge in [-0.1, -0.05) is 0 Å². The zero-order chi connectivity index (χ0) is 7.68. The summed E-state index contributed by atoms with van der Waals surface area (Å²) in [5.41, 5.74) is 0. The minimum atomic E-state index is 0.447. The van der Waals surface area contributed by atoms with Crippen molar-refractivity contribution in [3.05, 3.63) is 0 Å². The van der Waals surface area contributed by atoms with E-state index in [1.54, 1.807) is 0 Å². The number of likely N-dealkylation sites (N-methyl/N-ethyl adjacent to an activating group) is 1. The van der Waals surface area contributed by atoms with Gasteiger partial charge < -0.3 is 15.0 Å². The van der Waals surface area contributed by atoms with E-state index in [0.29, 0.717) is 12.1 Å². The molecule has 0 aromatic rings. The molecule has 0 aromatic heterocycles. The second-order valence-electron chi connectivity index (χ2n) is 3.52. The average molecular weight is 156 g/mol. The molecule has 0 spiro atoms. The minimum absolute atomic E-state index is 0.447. The summed E-state index contributed by atoms with van der Waals surface area (Å²) < 4.78 is 5.65. The Bertz CT molecular complexity index is 140. The van der Waals surface area contributed by atoms with Crippen LogP contribution in [0.1, 0.15) is 6.42 Å². The van der Waals surface area contributed by atoms with Gasteiger partial charge in [-0.15, -0.1) is 0 Å². The fourth-order valence-electron chi connectivity index (χ4n) is 1.93. The molecule has 64 valence electrons. The van der Waals surface area contributed by atoms with E-state index in [4.69, 9.17) is 4.74 Å². The highest BCUT2D eigenvalue weighted by Gasteiger charge is 2.30. The van der Waals surface area contributed by atoms with Crippen molar-refractivity contribution in [1.29, 1.82) is 0 Å². The summed E-state index contributed by atoms with van der Waals surface area (Å²) >= 11 is 0. The number of hydrogen-bond donors (Lipinski definition) is 1. The van der Waals surface area contributed by atoms with Crippen LogP contribution in [0.15, 0.2) is 0 Å². The molecular weight excluding hydrogens is 140 g/mol. The van der Waals surface area contributed by atoms with Crippen LogP contribution in [-0.2, 0) is 4.74 Å². The summed E-state index contributed by atoms with van der Waals surface area (Å²) in [6, 6.07) is 0.625. The molecule has 1 N–H and O–H groups in total. The molecule has 0 radical (unpaired) electrons. The largest absolute Gasteiger partial charge is 0.374 e. The number of fused-ring (bicyclic) bond motifs is 1. The number of ether oxygens (including phenoxy) is 1. The first kappa shape index (κ1) is 7.53. The highest BCUT2D eigenvalue weighted by atomic mass is 16.5. The van der Waals surface area contributed by atoms with E-state index in [1.165, 1.54) is 13.0 Å². The highest BCUT2D eigenvalue weighted by Crippen LogP contribution is 2.14. The molecule has 2 rings (SSSR count). The zero-order valence-corrected chi connectivity index (χ0v) is 7.05. The van der Waals surface area contributed by atoms with Crippen molar-refractivity contribution in [3.63, 3.8) is 0 Å². The Kier molecular flexibility index (Phi) is 2.11. The lowest BCUT2D eigenvalue weighted by molar-refractivity contribution is -0.0417. The van der Waals surface area contributed by atoms with Crippen LogP contribution < -0.4 is 5.32 Å². The van der Waals surface area contributed by atoms with E-state index in [0.717, 1.165) is 19.7 Å². The van der Waals surface area contributed by atoms with Gasteiger partial charge in [-0.25, -0.2) is 0 Å². The molecule has 1 unspecified atom stereocenters. The first-order chi connectivity index (χ1) is 5.36. The molecule has 2 aliphatic heterocycles. The first-order valence-corrected chi connectivity index (χ1v) is 4.40. The van der Waals surface area contributed by atoms with Gasteiger partial charge in [0.05, 0.1) is 12.7 Å². The van der Waals surface area contributed by atoms with Crippen LogP contribution in [0.3, 0.4) is 0 Å². The van der Waals surface area contributed by atoms with Crippen molar-refractivity contribution in [2.24, 2.45) is 0 Å². The number of piperidine rings is 1. The summed E-state index contributed by atoms with van der Waals surface area (Å²) in [7, 11) is 2.16. The third-order valence-corrected chi connectivity index (χ3v) is 2.60. The monoisotopic (exact) mass is 156 g/mol. The Morgan fingerprint density at radius 1 is 1.55 bits per heavy atom. The lowest BCUT2D eigenvalue weighted by atomic mass is 10.0. The van der Waals surface area contributed by atoms with Gasteiger partial charge in [-0.3, -0.25) is 0 Å². The molecule has 2 fully saturated rings. The molecule has 2 atom stereocenters. The van der Waals surface area contributed by atoms with Gasteiger partial charge in [0.15, 0.2) is 0 Å². The van der Waals surface area contributed by atoms with Crippen molar-refractivity contribution in [1.82, 2.24) is 10.2 Å². The van der Waals surface area contributed by atoms with Gasteiger partial charge in [-0.2, -0.15) is 0 Å². The zero-order valence-electron chi connectivity index (χ0n) is 7.05. The van der Waals surface area contributed by atoms with E-state index in [9.17, 15) is 0 Å². The van der Waals surface area contributed by atoms with Gasteiger partial charge in [0.1, 0.15) is 0 Å². The number of rotatable bonds is 0. The van der Waals surface area contributed by atoms with Crippen LogP contribution in [0.2, 0.25) is 0 Å². The maximum atomic E-state index is 5.65. The number of nitrogens with zero attached hydrogens (tertiary/aromatic N) is 1. The minimum Gasteiger partial charge on any atom is -0.374 e. The van der Waals surface area contributed by atoms with Crippen LogP contribution in [0, 0.1) is 0 Å². The van der Waals surface area contributed by atoms with Crippen molar-refractivity contribution >= 4 is 0 Å². The van der Waals surface area contributed by atoms with Crippen molar-refractivity contribution in [2.75, 3.05) is 33.3 Å². The van der Waals surface area contributed by atoms with Gasteiger partial charge in [0.2, 0.25) is 0 Å². The lowest BCUT2D eigenvalue weighted by Gasteiger charge is -2.40. The van der Waals surface area contributed by atoms with Crippen LogP contribution in [0.5, 0.6) is 0 Å². The molecule has 0 saturated carbocycles. The summed E-state index contributed by atoms with van der Waals surface area (Å²) in [5.74, 6) is 0. The Balaban J connectivity index is 1.93. The van der Waals surface area contributed by atoms with Crippen LogP contribution >= 0.6 is 0 Å². The number of likely N-dealkylation sites (tertiary alicyclic amines) is 1. The Labute approximate surface area is 67.7 Å². The Morgan fingerprint density at radius 2 is 2.45 bits per heavy atom. The maximum absolute atomic E-state index is 5.65. The van der Waals surface area contributed by atoms with Crippen molar-refractivity contribution < 1.29 is 4.74 Å². The predicted molar refractivity (Wildman–Crippen MR) is 43.6 cm³/mol. The van der Waals surface area contributed by atoms with Crippen LogP contribution in [0.25, 0.3) is 0 Å². The molecule has 0 amide bonds. The summed E-state index contributed by atoms with van der Waals surface area (Å²) in [6.45, 7) is 4.22. The molecule has 3 nitrogen and oxygen atoms in total. The van der Waals surface area contributed by atoms with E-state index in [2.05, 4.69) is 17.3 Å². The standard InChI is InChI=1S/C8H16N2O/c1-10-4-2-7-8(6-10)11-5-3-9-7/h7-9H,2-6H2,1H3/t7?,8-/m0/s1. The normalized spacial score (nSPS) is 40.1. The van der Waals surface area contributed by atoms with E-state index in [1.807, 2.05) is 0 Å². The Hall–Kier alpha value is -0.120. The fourth-order valence-corrected chi connectivity index (χ4v) is 1.93. The van der Waals surface area contributed by atoms with Crippen LogP contribution in [0.4, 0.5) is 0 Å². The van der Waals surface area contributed by atoms with Crippen molar-refractivity contribution in [2.45, 2.75) is 18.6 Å². The first-order valence-electron chi connectivity index (χ1n) is 4.40. The van der Waals surface area contributed by atoms with Gasteiger partial charge >= 0.3 is 0 Å². The molecule has 11 heavy (non-hydrogen) atoms. The molecular formula is C8H16N2O. The second kappa shape index (κ2) is 3.09. The van der Waals surface area contributed by atoms with E-state index < -0.39 is 0 Å². The third-order valence-electron chi connectivity index (χ3n) is 2.60. The van der Waals surface area contributed by atoms with Gasteiger partial charge in [0, 0.05) is 19.1 Å². The smallest absolute Gasteiger partial charge is 0.0855 e. The summed E-state index contributed by atoms with van der Waals surface area (Å²) in [5, 5.41) is 3.49. The van der Waals surface area contributed by atoms with Crippen LogP contribution in [-0.4, -0.2) is 50.3 Å².